The van der Waals surface area contributed by atoms with Crippen molar-refractivity contribution in [3.8, 4) is 11.4 Å². The van der Waals surface area contributed by atoms with Gasteiger partial charge in [0.15, 0.2) is 5.65 Å². The SMILES string of the molecule is Cc1ccccc1-n1c(CNc2ncnc(N)c2C(=N)c2cccc(O)c2)nc2nccc(C)c2c1=O. The molecule has 3 heterocycles. The number of phenols is 1. The molecule has 0 fully saturated rings. The standard InChI is InChI=1S/C27H24N8O2/c1-15-6-3-4-9-19(15)35-20(34-26-21(27(35)37)16(2)10-11-30-26)13-31-25-22(24(29)32-14-33-25)23(28)17-7-5-8-18(36)12-17/h3-12,14,28,36H,13H2,1-2H3,(H3,29,31,32,33). The highest BCUT2D eigenvalue weighted by Gasteiger charge is 2.19. The van der Waals surface area contributed by atoms with Crippen molar-refractivity contribution in [3.05, 3.63) is 106 Å². The van der Waals surface area contributed by atoms with Gasteiger partial charge in [-0.1, -0.05) is 30.3 Å². The summed E-state index contributed by atoms with van der Waals surface area (Å²) in [6.45, 7) is 3.88. The van der Waals surface area contributed by atoms with Gasteiger partial charge in [-0.05, 0) is 49.2 Å². The molecular weight excluding hydrogens is 468 g/mol. The number of phenolic OH excluding ortho intramolecular Hbond substituents is 1. The van der Waals surface area contributed by atoms with Gasteiger partial charge in [-0.3, -0.25) is 14.8 Å². The van der Waals surface area contributed by atoms with E-state index in [4.69, 9.17) is 16.1 Å². The Labute approximate surface area is 212 Å². The van der Waals surface area contributed by atoms with Crippen molar-refractivity contribution in [1.29, 1.82) is 5.41 Å². The normalized spacial score (nSPS) is 11.0. The number of rotatable bonds is 6. The average molecular weight is 493 g/mol. The maximum absolute atomic E-state index is 13.7. The highest BCUT2D eigenvalue weighted by molar-refractivity contribution is 6.16. The first-order valence-electron chi connectivity index (χ1n) is 11.5. The van der Waals surface area contributed by atoms with Crippen LogP contribution in [0.5, 0.6) is 5.75 Å². The first-order valence-corrected chi connectivity index (χ1v) is 11.5. The fraction of sp³-hybridized carbons (Fsp3) is 0.111. The summed E-state index contributed by atoms with van der Waals surface area (Å²) in [5.74, 6) is 0.837. The number of fused-ring (bicyclic) bond motifs is 1. The van der Waals surface area contributed by atoms with Crippen molar-refractivity contribution in [2.24, 2.45) is 0 Å². The molecule has 0 saturated carbocycles. The third kappa shape index (κ3) is 4.36. The van der Waals surface area contributed by atoms with Gasteiger partial charge in [0.2, 0.25) is 0 Å². The zero-order valence-electron chi connectivity index (χ0n) is 20.2. The van der Waals surface area contributed by atoms with Crippen LogP contribution in [0.1, 0.15) is 28.1 Å². The Balaban J connectivity index is 1.62. The maximum Gasteiger partial charge on any atom is 0.267 e. The van der Waals surface area contributed by atoms with Crippen molar-refractivity contribution in [3.63, 3.8) is 0 Å². The molecule has 0 bridgehead atoms. The van der Waals surface area contributed by atoms with Crippen molar-refractivity contribution < 1.29 is 5.11 Å². The second-order valence-electron chi connectivity index (χ2n) is 8.54. The summed E-state index contributed by atoms with van der Waals surface area (Å²) in [6, 6.07) is 15.7. The molecule has 5 aromatic rings. The molecule has 0 atom stereocenters. The summed E-state index contributed by atoms with van der Waals surface area (Å²) >= 11 is 0. The van der Waals surface area contributed by atoms with Crippen molar-refractivity contribution in [2.45, 2.75) is 20.4 Å². The number of pyridine rings is 1. The van der Waals surface area contributed by atoms with Gasteiger partial charge in [0.1, 0.15) is 29.5 Å². The molecule has 5 N–H and O–H groups in total. The van der Waals surface area contributed by atoms with E-state index >= 15 is 0 Å². The van der Waals surface area contributed by atoms with Crippen LogP contribution >= 0.6 is 0 Å². The van der Waals surface area contributed by atoms with Crippen molar-refractivity contribution in [2.75, 3.05) is 11.1 Å². The van der Waals surface area contributed by atoms with Gasteiger partial charge in [0.25, 0.3) is 5.56 Å². The van der Waals surface area contributed by atoms with Crippen LogP contribution in [-0.2, 0) is 6.54 Å². The van der Waals surface area contributed by atoms with Crippen LogP contribution < -0.4 is 16.6 Å². The van der Waals surface area contributed by atoms with Gasteiger partial charge in [-0.15, -0.1) is 0 Å². The third-order valence-corrected chi connectivity index (χ3v) is 6.08. The van der Waals surface area contributed by atoms with E-state index in [9.17, 15) is 9.90 Å². The van der Waals surface area contributed by atoms with E-state index in [1.54, 1.807) is 29.0 Å². The number of nitrogens with two attached hydrogens (primary N) is 1. The fourth-order valence-electron chi connectivity index (χ4n) is 4.22. The minimum atomic E-state index is -0.225. The average Bonchev–Trinajstić information content (AvgIpc) is 2.88. The minimum Gasteiger partial charge on any atom is -0.508 e. The second kappa shape index (κ2) is 9.50. The predicted molar refractivity (Wildman–Crippen MR) is 142 cm³/mol. The van der Waals surface area contributed by atoms with E-state index in [1.165, 1.54) is 18.5 Å². The molecule has 10 nitrogen and oxygen atoms in total. The van der Waals surface area contributed by atoms with Crippen LogP contribution in [0.25, 0.3) is 16.7 Å². The Kier molecular flexibility index (Phi) is 6.06. The number of nitrogens with zero attached hydrogens (tertiary/aromatic N) is 5. The number of benzene rings is 2. The highest BCUT2D eigenvalue weighted by atomic mass is 16.3. The minimum absolute atomic E-state index is 0.0255. The quantitative estimate of drug-likeness (QED) is 0.262. The Bertz CT molecular complexity index is 1730. The van der Waals surface area contributed by atoms with Crippen LogP contribution in [0.4, 0.5) is 11.6 Å². The Morgan fingerprint density at radius 1 is 1.05 bits per heavy atom. The molecule has 0 aliphatic heterocycles. The lowest BCUT2D eigenvalue weighted by Crippen LogP contribution is -2.27. The van der Waals surface area contributed by atoms with Gasteiger partial charge >= 0.3 is 0 Å². The van der Waals surface area contributed by atoms with E-state index in [-0.39, 0.29) is 34.9 Å². The Hall–Kier alpha value is -5.12. The summed E-state index contributed by atoms with van der Waals surface area (Å²) in [5, 5.41) is 22.2. The van der Waals surface area contributed by atoms with E-state index < -0.39 is 0 Å². The molecule has 0 aliphatic rings. The van der Waals surface area contributed by atoms with Crippen molar-refractivity contribution >= 4 is 28.4 Å². The molecular formula is C27H24N8O2. The zero-order valence-corrected chi connectivity index (χ0v) is 20.2. The molecule has 10 heteroatoms. The number of anilines is 2. The zero-order chi connectivity index (χ0) is 26.1. The van der Waals surface area contributed by atoms with Crippen molar-refractivity contribution in [1.82, 2.24) is 24.5 Å². The molecule has 2 aromatic carbocycles. The number of hydrogen-bond acceptors (Lipinski definition) is 9. The molecule has 37 heavy (non-hydrogen) atoms. The van der Waals surface area contributed by atoms with Crippen LogP contribution in [0.2, 0.25) is 0 Å². The highest BCUT2D eigenvalue weighted by Crippen LogP contribution is 2.24. The number of nitrogens with one attached hydrogen (secondary N) is 2. The number of aryl methyl sites for hydroxylation is 2. The van der Waals surface area contributed by atoms with E-state index in [2.05, 4.69) is 20.3 Å². The van der Waals surface area contributed by atoms with Crippen LogP contribution in [-0.4, -0.2) is 35.3 Å². The lowest BCUT2D eigenvalue weighted by atomic mass is 10.0. The van der Waals surface area contributed by atoms with Gasteiger partial charge in [-0.2, -0.15) is 0 Å². The number of para-hydroxylation sites is 1. The molecule has 184 valence electrons. The number of nitrogen functional groups attached to an aromatic ring is 1. The summed E-state index contributed by atoms with van der Waals surface area (Å²) in [5.41, 5.74) is 9.43. The Morgan fingerprint density at radius 3 is 2.65 bits per heavy atom. The molecule has 5 rings (SSSR count). The van der Waals surface area contributed by atoms with E-state index in [0.29, 0.717) is 33.9 Å². The van der Waals surface area contributed by atoms with E-state index in [0.717, 1.165) is 11.1 Å². The summed E-state index contributed by atoms with van der Waals surface area (Å²) in [4.78, 5) is 31.1. The summed E-state index contributed by atoms with van der Waals surface area (Å²) in [7, 11) is 0. The largest absolute Gasteiger partial charge is 0.508 e. The van der Waals surface area contributed by atoms with E-state index in [1.807, 2.05) is 38.1 Å². The van der Waals surface area contributed by atoms with Crippen LogP contribution in [0.15, 0.2) is 71.9 Å². The van der Waals surface area contributed by atoms with Gasteiger partial charge in [-0.25, -0.2) is 19.9 Å². The monoisotopic (exact) mass is 492 g/mol. The molecule has 3 aromatic heterocycles. The van der Waals surface area contributed by atoms with Gasteiger partial charge in [0.05, 0.1) is 28.9 Å². The number of hydrogen-bond donors (Lipinski definition) is 4. The third-order valence-electron chi connectivity index (χ3n) is 6.08. The maximum atomic E-state index is 13.7. The Morgan fingerprint density at radius 2 is 1.86 bits per heavy atom. The molecule has 0 amide bonds. The molecule has 0 spiro atoms. The summed E-state index contributed by atoms with van der Waals surface area (Å²) < 4.78 is 1.57. The van der Waals surface area contributed by atoms with Crippen LogP contribution in [0.3, 0.4) is 0 Å². The molecule has 0 unspecified atom stereocenters. The molecule has 0 saturated heterocycles. The second-order valence-corrected chi connectivity index (χ2v) is 8.54. The predicted octanol–water partition coefficient (Wildman–Crippen LogP) is 3.50. The van der Waals surface area contributed by atoms with Gasteiger partial charge < -0.3 is 16.2 Å². The smallest absolute Gasteiger partial charge is 0.267 e. The lowest BCUT2D eigenvalue weighted by Gasteiger charge is -2.18. The van der Waals surface area contributed by atoms with Gasteiger partial charge in [0, 0.05) is 11.8 Å². The first kappa shape index (κ1) is 23.6. The number of aromatic hydroxyl groups is 1. The molecule has 0 radical (unpaired) electrons. The molecule has 0 aliphatic carbocycles. The summed E-state index contributed by atoms with van der Waals surface area (Å²) in [6.07, 6.45) is 2.92. The van der Waals surface area contributed by atoms with Crippen LogP contribution in [0, 0.1) is 19.3 Å². The number of aromatic nitrogens is 5. The topological polar surface area (TPSA) is 156 Å². The fourth-order valence-corrected chi connectivity index (χ4v) is 4.22. The first-order chi connectivity index (χ1) is 17.8. The lowest BCUT2D eigenvalue weighted by molar-refractivity contribution is 0.475.